The van der Waals surface area contributed by atoms with E-state index >= 15 is 0 Å². The molecule has 0 aromatic heterocycles. The molecule has 0 amide bonds. The monoisotopic (exact) mass is 246 g/mol. The maximum Gasteiger partial charge on any atom is 0.317 e. The number of rotatable bonds is 2. The summed E-state index contributed by atoms with van der Waals surface area (Å²) in [5, 5.41) is 0. The number of carbonyl (C=O) groups is 1. The quantitative estimate of drug-likeness (QED) is 0.747. The normalized spacial score (nSPS) is 26.3. The van der Waals surface area contributed by atoms with Crippen LogP contribution < -0.4 is 4.74 Å². The summed E-state index contributed by atoms with van der Waals surface area (Å²) in [7, 11) is 1.62. The summed E-state index contributed by atoms with van der Waals surface area (Å²) in [6, 6.07) is 7.46. The van der Waals surface area contributed by atoms with E-state index in [4.69, 9.17) is 14.2 Å². The molecule has 2 aliphatic heterocycles. The lowest BCUT2D eigenvalue weighted by Gasteiger charge is -2.21. The van der Waals surface area contributed by atoms with Gasteiger partial charge >= 0.3 is 5.97 Å². The highest BCUT2D eigenvalue weighted by molar-refractivity contribution is 5.83. The first kappa shape index (κ1) is 11.3. The zero-order chi connectivity index (χ0) is 12.5. The minimum Gasteiger partial charge on any atom is -0.497 e. The maximum absolute atomic E-state index is 11.8. The standard InChI is InChI=1S/C14H14O4/c1-16-11-4-2-9(3-5-11)13-6-10-7-17-8-12(10)14(15)18-13/h2-6,10,12H,7-8H2,1H3/t10-,12+/m0/s1. The lowest BCUT2D eigenvalue weighted by molar-refractivity contribution is -0.143. The molecule has 1 fully saturated rings. The Morgan fingerprint density at radius 1 is 1.22 bits per heavy atom. The Balaban J connectivity index is 1.89. The highest BCUT2D eigenvalue weighted by Crippen LogP contribution is 2.33. The molecule has 0 bridgehead atoms. The molecule has 0 saturated carbocycles. The highest BCUT2D eigenvalue weighted by atomic mass is 16.5. The molecule has 0 aliphatic carbocycles. The summed E-state index contributed by atoms with van der Waals surface area (Å²) < 4.78 is 15.8. The van der Waals surface area contributed by atoms with E-state index in [1.807, 2.05) is 30.3 Å². The third-order valence-electron chi connectivity index (χ3n) is 3.38. The molecule has 0 unspecified atom stereocenters. The SMILES string of the molecule is COc1ccc(C2=C[C@H]3COC[C@H]3C(=O)O2)cc1. The molecule has 2 atom stereocenters. The minimum absolute atomic E-state index is 0.132. The van der Waals surface area contributed by atoms with Crippen molar-refractivity contribution in [2.45, 2.75) is 0 Å². The number of carbonyl (C=O) groups excluding carboxylic acids is 1. The van der Waals surface area contributed by atoms with Gasteiger partial charge in [-0.25, -0.2) is 0 Å². The molecule has 0 radical (unpaired) electrons. The fourth-order valence-electron chi connectivity index (χ4n) is 2.30. The van der Waals surface area contributed by atoms with Gasteiger partial charge in [0.1, 0.15) is 11.5 Å². The van der Waals surface area contributed by atoms with E-state index in [9.17, 15) is 4.79 Å². The number of ether oxygens (including phenoxy) is 3. The van der Waals surface area contributed by atoms with Gasteiger partial charge in [-0.05, 0) is 30.3 Å². The van der Waals surface area contributed by atoms with Gasteiger partial charge in [-0.3, -0.25) is 4.79 Å². The van der Waals surface area contributed by atoms with E-state index in [0.717, 1.165) is 11.3 Å². The van der Waals surface area contributed by atoms with Crippen LogP contribution in [-0.4, -0.2) is 26.3 Å². The fraction of sp³-hybridized carbons (Fsp3) is 0.357. The van der Waals surface area contributed by atoms with E-state index < -0.39 is 0 Å². The molecule has 1 saturated heterocycles. The van der Waals surface area contributed by atoms with Crippen molar-refractivity contribution in [2.24, 2.45) is 11.8 Å². The summed E-state index contributed by atoms with van der Waals surface area (Å²) in [5.41, 5.74) is 0.884. The molecule has 18 heavy (non-hydrogen) atoms. The number of cyclic esters (lactones) is 1. The van der Waals surface area contributed by atoms with Crippen LogP contribution >= 0.6 is 0 Å². The average molecular weight is 246 g/mol. The van der Waals surface area contributed by atoms with Crippen LogP contribution in [-0.2, 0) is 14.3 Å². The van der Waals surface area contributed by atoms with Crippen LogP contribution in [0.2, 0.25) is 0 Å². The van der Waals surface area contributed by atoms with Crippen molar-refractivity contribution in [3.05, 3.63) is 35.9 Å². The predicted molar refractivity (Wildman–Crippen MR) is 64.9 cm³/mol. The Morgan fingerprint density at radius 2 is 2.00 bits per heavy atom. The van der Waals surface area contributed by atoms with Crippen LogP contribution in [0.3, 0.4) is 0 Å². The molecule has 0 N–H and O–H groups in total. The van der Waals surface area contributed by atoms with E-state index in [0.29, 0.717) is 19.0 Å². The molecule has 94 valence electrons. The number of methoxy groups -OCH3 is 1. The van der Waals surface area contributed by atoms with Gasteiger partial charge in [-0.15, -0.1) is 0 Å². The van der Waals surface area contributed by atoms with Gasteiger partial charge in [0, 0.05) is 11.5 Å². The minimum atomic E-state index is -0.189. The Morgan fingerprint density at radius 3 is 2.72 bits per heavy atom. The average Bonchev–Trinajstić information content (AvgIpc) is 2.88. The van der Waals surface area contributed by atoms with Crippen molar-refractivity contribution < 1.29 is 19.0 Å². The summed E-state index contributed by atoms with van der Waals surface area (Å²) in [5.74, 6) is 1.22. The second kappa shape index (κ2) is 4.46. The molecule has 1 aromatic carbocycles. The lowest BCUT2D eigenvalue weighted by Crippen LogP contribution is -2.27. The molecular formula is C14H14O4. The van der Waals surface area contributed by atoms with Gasteiger partial charge in [-0.2, -0.15) is 0 Å². The first-order valence-electron chi connectivity index (χ1n) is 5.93. The Hall–Kier alpha value is -1.81. The van der Waals surface area contributed by atoms with Gasteiger partial charge in [0.05, 0.1) is 26.2 Å². The van der Waals surface area contributed by atoms with Crippen molar-refractivity contribution in [2.75, 3.05) is 20.3 Å². The van der Waals surface area contributed by atoms with E-state index in [1.54, 1.807) is 7.11 Å². The first-order chi connectivity index (χ1) is 8.78. The lowest BCUT2D eigenvalue weighted by atomic mass is 9.92. The maximum atomic E-state index is 11.8. The van der Waals surface area contributed by atoms with Crippen molar-refractivity contribution in [1.29, 1.82) is 0 Å². The molecule has 2 heterocycles. The number of hydrogen-bond acceptors (Lipinski definition) is 4. The van der Waals surface area contributed by atoms with Crippen LogP contribution in [0.15, 0.2) is 30.3 Å². The van der Waals surface area contributed by atoms with Crippen molar-refractivity contribution in [1.82, 2.24) is 0 Å². The van der Waals surface area contributed by atoms with Crippen LogP contribution in [0.1, 0.15) is 5.56 Å². The number of esters is 1. The van der Waals surface area contributed by atoms with Gasteiger partial charge < -0.3 is 14.2 Å². The van der Waals surface area contributed by atoms with Gasteiger partial charge in [0.2, 0.25) is 0 Å². The Bertz CT molecular complexity index is 489. The fourth-order valence-corrected chi connectivity index (χ4v) is 2.30. The second-order valence-corrected chi connectivity index (χ2v) is 4.49. The molecule has 4 nitrogen and oxygen atoms in total. The number of fused-ring (bicyclic) bond motifs is 1. The summed E-state index contributed by atoms with van der Waals surface area (Å²) in [6.07, 6.45) is 1.99. The molecule has 4 heteroatoms. The van der Waals surface area contributed by atoms with E-state index in [2.05, 4.69) is 0 Å². The van der Waals surface area contributed by atoms with Crippen LogP contribution in [0.5, 0.6) is 5.75 Å². The second-order valence-electron chi connectivity index (χ2n) is 4.49. The number of benzene rings is 1. The predicted octanol–water partition coefficient (Wildman–Crippen LogP) is 1.86. The van der Waals surface area contributed by atoms with Gasteiger partial charge in [0.15, 0.2) is 0 Å². The Labute approximate surface area is 105 Å². The summed E-state index contributed by atoms with van der Waals surface area (Å²) in [6.45, 7) is 1.06. The van der Waals surface area contributed by atoms with Crippen molar-refractivity contribution in [3.8, 4) is 5.75 Å². The molecule has 3 rings (SSSR count). The highest BCUT2D eigenvalue weighted by Gasteiger charge is 2.38. The van der Waals surface area contributed by atoms with Gasteiger partial charge in [0.25, 0.3) is 0 Å². The molecule has 1 aromatic rings. The third-order valence-corrected chi connectivity index (χ3v) is 3.38. The first-order valence-corrected chi connectivity index (χ1v) is 5.93. The molecular weight excluding hydrogens is 232 g/mol. The zero-order valence-corrected chi connectivity index (χ0v) is 10.1. The summed E-state index contributed by atoms with van der Waals surface area (Å²) in [4.78, 5) is 11.8. The topological polar surface area (TPSA) is 44.8 Å². The van der Waals surface area contributed by atoms with Crippen LogP contribution in [0.25, 0.3) is 5.76 Å². The van der Waals surface area contributed by atoms with Crippen molar-refractivity contribution in [3.63, 3.8) is 0 Å². The smallest absolute Gasteiger partial charge is 0.317 e. The van der Waals surface area contributed by atoms with Crippen molar-refractivity contribution >= 4 is 11.7 Å². The van der Waals surface area contributed by atoms with Crippen LogP contribution in [0, 0.1) is 11.8 Å². The van der Waals surface area contributed by atoms with E-state index in [-0.39, 0.29) is 17.8 Å². The molecule has 2 aliphatic rings. The Kier molecular flexibility index (Phi) is 2.80. The van der Waals surface area contributed by atoms with E-state index in [1.165, 1.54) is 0 Å². The summed E-state index contributed by atoms with van der Waals surface area (Å²) >= 11 is 0. The zero-order valence-electron chi connectivity index (χ0n) is 10.1. The third kappa shape index (κ3) is 1.88. The molecule has 0 spiro atoms. The van der Waals surface area contributed by atoms with Crippen LogP contribution in [0.4, 0.5) is 0 Å². The number of hydrogen-bond donors (Lipinski definition) is 0. The van der Waals surface area contributed by atoms with Gasteiger partial charge in [-0.1, -0.05) is 0 Å². The largest absolute Gasteiger partial charge is 0.497 e.